The van der Waals surface area contributed by atoms with Crippen molar-refractivity contribution in [2.45, 2.75) is 19.3 Å². The van der Waals surface area contributed by atoms with Gasteiger partial charge < -0.3 is 15.2 Å². The second-order valence-electron chi connectivity index (χ2n) is 5.21. The molecule has 124 valence electrons. The number of nitrogen functional groups attached to an aromatic ring is 1. The Hall–Kier alpha value is -1.77. The van der Waals surface area contributed by atoms with E-state index in [9.17, 15) is 8.78 Å². The van der Waals surface area contributed by atoms with Crippen LogP contribution in [0.5, 0.6) is 5.75 Å². The third kappa shape index (κ3) is 4.37. The number of alkyl halides is 2. The van der Waals surface area contributed by atoms with Crippen LogP contribution >= 0.6 is 11.3 Å². The number of benzene rings is 1. The van der Waals surface area contributed by atoms with Crippen molar-refractivity contribution in [1.82, 2.24) is 9.88 Å². The van der Waals surface area contributed by atoms with E-state index >= 15 is 0 Å². The Kier molecular flexibility index (Phi) is 5.04. The minimum Gasteiger partial charge on any atom is -0.435 e. The van der Waals surface area contributed by atoms with Crippen LogP contribution < -0.4 is 10.5 Å². The van der Waals surface area contributed by atoms with Crippen LogP contribution in [0.2, 0.25) is 0 Å². The molecule has 1 saturated heterocycles. The summed E-state index contributed by atoms with van der Waals surface area (Å²) >= 11 is 1.47. The molecule has 2 heterocycles. The van der Waals surface area contributed by atoms with Crippen molar-refractivity contribution < 1.29 is 18.3 Å². The molecule has 1 aliphatic heterocycles. The molecule has 1 aromatic heterocycles. The van der Waals surface area contributed by atoms with Gasteiger partial charge >= 0.3 is 6.61 Å². The SMILES string of the molecule is Nc1ncc(CN2CCOC(c3cccc(OC(F)F)c3)C2)s1. The van der Waals surface area contributed by atoms with Crippen LogP contribution in [0.4, 0.5) is 13.9 Å². The number of nitrogens with two attached hydrogens (primary N) is 1. The van der Waals surface area contributed by atoms with Gasteiger partial charge in [0, 0.05) is 30.7 Å². The molecule has 0 aliphatic carbocycles. The summed E-state index contributed by atoms with van der Waals surface area (Å²) in [6, 6.07) is 6.66. The van der Waals surface area contributed by atoms with E-state index in [1.54, 1.807) is 18.3 Å². The number of aromatic nitrogens is 1. The van der Waals surface area contributed by atoms with Crippen molar-refractivity contribution >= 4 is 16.5 Å². The first-order chi connectivity index (χ1) is 11.1. The van der Waals surface area contributed by atoms with Crippen molar-refractivity contribution in [2.24, 2.45) is 0 Å². The first-order valence-electron chi connectivity index (χ1n) is 7.19. The number of ether oxygens (including phenoxy) is 2. The highest BCUT2D eigenvalue weighted by Crippen LogP contribution is 2.27. The van der Waals surface area contributed by atoms with Crippen molar-refractivity contribution in [2.75, 3.05) is 25.4 Å². The zero-order valence-electron chi connectivity index (χ0n) is 12.3. The largest absolute Gasteiger partial charge is 0.435 e. The van der Waals surface area contributed by atoms with Gasteiger partial charge in [-0.2, -0.15) is 8.78 Å². The maximum absolute atomic E-state index is 12.3. The van der Waals surface area contributed by atoms with Crippen LogP contribution in [0.3, 0.4) is 0 Å². The Morgan fingerprint density at radius 1 is 1.48 bits per heavy atom. The van der Waals surface area contributed by atoms with Crippen LogP contribution in [-0.2, 0) is 11.3 Å². The molecule has 23 heavy (non-hydrogen) atoms. The van der Waals surface area contributed by atoms with Gasteiger partial charge in [-0.15, -0.1) is 11.3 Å². The predicted molar refractivity (Wildman–Crippen MR) is 83.6 cm³/mol. The number of hydrogen-bond donors (Lipinski definition) is 1. The van der Waals surface area contributed by atoms with E-state index in [0.29, 0.717) is 18.3 Å². The van der Waals surface area contributed by atoms with Gasteiger partial charge in [-0.3, -0.25) is 4.90 Å². The maximum atomic E-state index is 12.3. The summed E-state index contributed by atoms with van der Waals surface area (Å²) in [5, 5.41) is 0.557. The molecule has 0 saturated carbocycles. The molecule has 2 N–H and O–H groups in total. The molecule has 0 bridgehead atoms. The third-order valence-corrected chi connectivity index (χ3v) is 4.37. The van der Waals surface area contributed by atoms with Gasteiger partial charge in [0.1, 0.15) is 5.75 Å². The monoisotopic (exact) mass is 341 g/mol. The molecular formula is C15H17F2N3O2S. The Morgan fingerprint density at radius 2 is 2.35 bits per heavy atom. The highest BCUT2D eigenvalue weighted by molar-refractivity contribution is 7.15. The van der Waals surface area contributed by atoms with Crippen molar-refractivity contribution in [1.29, 1.82) is 0 Å². The summed E-state index contributed by atoms with van der Waals surface area (Å²) in [7, 11) is 0. The summed E-state index contributed by atoms with van der Waals surface area (Å²) in [5.41, 5.74) is 6.48. The van der Waals surface area contributed by atoms with Crippen LogP contribution in [0.25, 0.3) is 0 Å². The van der Waals surface area contributed by atoms with Crippen LogP contribution in [0.1, 0.15) is 16.5 Å². The molecule has 8 heteroatoms. The van der Waals surface area contributed by atoms with Gasteiger partial charge in [-0.1, -0.05) is 12.1 Å². The first kappa shape index (κ1) is 16.1. The highest BCUT2D eigenvalue weighted by Gasteiger charge is 2.23. The molecular weight excluding hydrogens is 324 g/mol. The Bertz CT molecular complexity index is 653. The molecule has 0 radical (unpaired) electrons. The summed E-state index contributed by atoms with van der Waals surface area (Å²) in [6.07, 6.45) is 1.61. The number of anilines is 1. The Labute approximate surface area is 136 Å². The Morgan fingerprint density at radius 3 is 3.09 bits per heavy atom. The fourth-order valence-electron chi connectivity index (χ4n) is 2.55. The van der Waals surface area contributed by atoms with Crippen molar-refractivity contribution in [3.8, 4) is 5.75 Å². The summed E-state index contributed by atoms with van der Waals surface area (Å²) in [4.78, 5) is 7.38. The van der Waals surface area contributed by atoms with Crippen LogP contribution in [0.15, 0.2) is 30.5 Å². The summed E-state index contributed by atoms with van der Waals surface area (Å²) in [6.45, 7) is -0.0102. The lowest BCUT2D eigenvalue weighted by Gasteiger charge is -2.32. The number of morpholine rings is 1. The van der Waals surface area contributed by atoms with E-state index in [2.05, 4.69) is 14.6 Å². The summed E-state index contributed by atoms with van der Waals surface area (Å²) in [5.74, 6) is 0.147. The van der Waals surface area contributed by atoms with Crippen molar-refractivity contribution in [3.05, 3.63) is 40.9 Å². The lowest BCUT2D eigenvalue weighted by Crippen LogP contribution is -2.37. The number of nitrogens with zero attached hydrogens (tertiary/aromatic N) is 2. The molecule has 5 nitrogen and oxygen atoms in total. The fourth-order valence-corrected chi connectivity index (χ4v) is 3.28. The van der Waals surface area contributed by atoms with E-state index in [0.717, 1.165) is 23.5 Å². The molecule has 0 spiro atoms. The Balaban J connectivity index is 1.66. The average molecular weight is 341 g/mol. The molecule has 0 amide bonds. The zero-order valence-corrected chi connectivity index (χ0v) is 13.1. The van der Waals surface area contributed by atoms with Gasteiger partial charge in [0.15, 0.2) is 5.13 Å². The third-order valence-electron chi connectivity index (χ3n) is 3.56. The molecule has 1 atom stereocenters. The molecule has 1 aromatic carbocycles. The van der Waals surface area contributed by atoms with Gasteiger partial charge in [0.05, 0.1) is 12.7 Å². The molecule has 3 rings (SSSR count). The lowest BCUT2D eigenvalue weighted by molar-refractivity contribution is -0.0509. The van der Waals surface area contributed by atoms with E-state index in [1.165, 1.54) is 17.4 Å². The number of rotatable bonds is 5. The van der Waals surface area contributed by atoms with Gasteiger partial charge in [-0.05, 0) is 17.7 Å². The van der Waals surface area contributed by atoms with Gasteiger partial charge in [0.2, 0.25) is 0 Å². The smallest absolute Gasteiger partial charge is 0.387 e. The quantitative estimate of drug-likeness (QED) is 0.906. The van der Waals surface area contributed by atoms with E-state index in [-0.39, 0.29) is 11.9 Å². The van der Waals surface area contributed by atoms with Gasteiger partial charge in [0.25, 0.3) is 0 Å². The highest BCUT2D eigenvalue weighted by atomic mass is 32.1. The number of thiazole rings is 1. The van der Waals surface area contributed by atoms with Crippen molar-refractivity contribution in [3.63, 3.8) is 0 Å². The van der Waals surface area contributed by atoms with Gasteiger partial charge in [-0.25, -0.2) is 4.98 Å². The van der Waals surface area contributed by atoms with E-state index in [4.69, 9.17) is 10.5 Å². The lowest BCUT2D eigenvalue weighted by atomic mass is 10.1. The van der Waals surface area contributed by atoms with E-state index < -0.39 is 6.61 Å². The fraction of sp³-hybridized carbons (Fsp3) is 0.400. The summed E-state index contributed by atoms with van der Waals surface area (Å²) < 4.78 is 34.9. The minimum atomic E-state index is -2.83. The van der Waals surface area contributed by atoms with Crippen LogP contribution in [0, 0.1) is 0 Å². The predicted octanol–water partition coefficient (Wildman–Crippen LogP) is 2.90. The average Bonchev–Trinajstić information content (AvgIpc) is 2.92. The van der Waals surface area contributed by atoms with Crippen LogP contribution in [-0.4, -0.2) is 36.2 Å². The van der Waals surface area contributed by atoms with E-state index in [1.807, 2.05) is 6.07 Å². The first-order valence-corrected chi connectivity index (χ1v) is 8.01. The zero-order chi connectivity index (χ0) is 16.2. The number of halogens is 2. The topological polar surface area (TPSA) is 60.6 Å². The standard InChI is InChI=1S/C15H17F2N3O2S/c16-14(17)22-11-3-1-2-10(6-11)13-9-20(4-5-21-13)8-12-7-19-15(18)23-12/h1-3,6-7,13-14H,4-5,8-9H2,(H2,18,19). The normalized spacial score (nSPS) is 19.2. The maximum Gasteiger partial charge on any atom is 0.387 e. The molecule has 1 aliphatic rings. The molecule has 1 unspecified atom stereocenters. The second-order valence-corrected chi connectivity index (χ2v) is 6.36. The minimum absolute atomic E-state index is 0.147. The number of hydrogen-bond acceptors (Lipinski definition) is 6. The molecule has 1 fully saturated rings. The molecule has 2 aromatic rings. The second kappa shape index (κ2) is 7.20.